The van der Waals surface area contributed by atoms with Crippen LogP contribution in [0.25, 0.3) is 0 Å². The van der Waals surface area contributed by atoms with Crippen LogP contribution >= 0.6 is 0 Å². The summed E-state index contributed by atoms with van der Waals surface area (Å²) in [6.07, 6.45) is 2.32. The average molecular weight is 299 g/mol. The maximum atomic E-state index is 12.0. The second-order valence-corrected chi connectivity index (χ2v) is 4.66. The molecule has 0 atom stereocenters. The number of esters is 1. The van der Waals surface area contributed by atoms with Crippen molar-refractivity contribution in [3.63, 3.8) is 0 Å². The van der Waals surface area contributed by atoms with Crippen molar-refractivity contribution in [1.82, 2.24) is 0 Å². The van der Waals surface area contributed by atoms with Gasteiger partial charge in [0.25, 0.3) is 0 Å². The monoisotopic (exact) mass is 299 g/mol. The van der Waals surface area contributed by atoms with Crippen LogP contribution in [0.4, 0.5) is 0 Å². The second kappa shape index (κ2) is 7.89. The molecule has 114 valence electrons. The lowest BCUT2D eigenvalue weighted by atomic mass is 9.97. The third-order valence-corrected chi connectivity index (χ3v) is 3.12. The van der Waals surface area contributed by atoms with E-state index in [9.17, 15) is 10.1 Å². The van der Waals surface area contributed by atoms with E-state index in [0.717, 1.165) is 5.56 Å². The largest absolute Gasteiger partial charge is 0.462 e. The van der Waals surface area contributed by atoms with Crippen molar-refractivity contribution in [2.45, 2.75) is 19.8 Å². The molecule has 5 nitrogen and oxygen atoms in total. The Kier molecular flexibility index (Phi) is 5.61. The standard InChI is InChI=1S/C17H17NO4/c1-2-21-17(19)16(10-18)14(9-15-11-20-12-22-15)8-13-6-4-3-5-7-13/h3-7,11H,2,8-9,12H2,1H3. The van der Waals surface area contributed by atoms with Crippen molar-refractivity contribution in [3.8, 4) is 6.07 Å². The van der Waals surface area contributed by atoms with Gasteiger partial charge in [-0.15, -0.1) is 0 Å². The molecule has 1 heterocycles. The average Bonchev–Trinajstić information content (AvgIpc) is 3.02. The van der Waals surface area contributed by atoms with Gasteiger partial charge in [0.1, 0.15) is 23.7 Å². The van der Waals surface area contributed by atoms with Gasteiger partial charge in [0, 0.05) is 6.42 Å². The zero-order chi connectivity index (χ0) is 15.8. The van der Waals surface area contributed by atoms with Gasteiger partial charge in [0.2, 0.25) is 6.79 Å². The van der Waals surface area contributed by atoms with E-state index in [1.807, 2.05) is 36.4 Å². The number of hydrogen-bond donors (Lipinski definition) is 0. The number of carbonyl (C=O) groups is 1. The zero-order valence-corrected chi connectivity index (χ0v) is 12.4. The normalized spacial score (nSPS) is 14.1. The number of ether oxygens (including phenoxy) is 3. The van der Waals surface area contributed by atoms with Crippen LogP contribution in [-0.2, 0) is 25.4 Å². The first kappa shape index (κ1) is 15.6. The number of benzene rings is 1. The summed E-state index contributed by atoms with van der Waals surface area (Å²) in [6.45, 7) is 2.10. The van der Waals surface area contributed by atoms with Crippen LogP contribution in [0, 0.1) is 11.3 Å². The summed E-state index contributed by atoms with van der Waals surface area (Å²) in [5, 5.41) is 9.35. The highest BCUT2D eigenvalue weighted by atomic mass is 16.7. The molecule has 0 spiro atoms. The quantitative estimate of drug-likeness (QED) is 0.459. The lowest BCUT2D eigenvalue weighted by Gasteiger charge is -2.11. The van der Waals surface area contributed by atoms with Gasteiger partial charge in [0.05, 0.1) is 6.61 Å². The highest BCUT2D eigenvalue weighted by Gasteiger charge is 2.20. The van der Waals surface area contributed by atoms with Crippen LogP contribution in [0.5, 0.6) is 0 Å². The third kappa shape index (κ3) is 4.13. The van der Waals surface area contributed by atoms with E-state index in [2.05, 4.69) is 0 Å². The van der Waals surface area contributed by atoms with Crippen LogP contribution in [0.15, 0.2) is 53.5 Å². The van der Waals surface area contributed by atoms with Crippen molar-refractivity contribution in [2.75, 3.05) is 13.4 Å². The maximum absolute atomic E-state index is 12.0. The van der Waals surface area contributed by atoms with E-state index in [4.69, 9.17) is 14.2 Å². The van der Waals surface area contributed by atoms with Gasteiger partial charge in [-0.25, -0.2) is 4.79 Å². The molecule has 0 bridgehead atoms. The fourth-order valence-electron chi connectivity index (χ4n) is 2.13. The maximum Gasteiger partial charge on any atom is 0.348 e. The molecule has 1 aliphatic heterocycles. The number of rotatable bonds is 6. The van der Waals surface area contributed by atoms with Crippen molar-refractivity contribution in [3.05, 3.63) is 59.1 Å². The molecule has 0 aliphatic carbocycles. The first-order chi connectivity index (χ1) is 10.7. The fourth-order valence-corrected chi connectivity index (χ4v) is 2.13. The van der Waals surface area contributed by atoms with Crippen LogP contribution in [0.2, 0.25) is 0 Å². The molecule has 0 N–H and O–H groups in total. The van der Waals surface area contributed by atoms with E-state index in [1.54, 1.807) is 6.92 Å². The van der Waals surface area contributed by atoms with Gasteiger partial charge in [-0.05, 0) is 24.5 Å². The lowest BCUT2D eigenvalue weighted by molar-refractivity contribution is -0.138. The van der Waals surface area contributed by atoms with Gasteiger partial charge in [-0.3, -0.25) is 0 Å². The number of nitriles is 1. The fraction of sp³-hybridized carbons (Fsp3) is 0.294. The minimum atomic E-state index is -0.601. The molecular weight excluding hydrogens is 282 g/mol. The first-order valence-electron chi connectivity index (χ1n) is 7.01. The van der Waals surface area contributed by atoms with Gasteiger partial charge in [-0.1, -0.05) is 30.3 Å². The Morgan fingerprint density at radius 3 is 2.68 bits per heavy atom. The molecule has 0 saturated heterocycles. The highest BCUT2D eigenvalue weighted by Crippen LogP contribution is 2.23. The van der Waals surface area contributed by atoms with Crippen LogP contribution < -0.4 is 0 Å². The molecular formula is C17H17NO4. The third-order valence-electron chi connectivity index (χ3n) is 3.12. The Morgan fingerprint density at radius 1 is 1.32 bits per heavy atom. The Bertz CT molecular complexity index is 626. The Labute approximate surface area is 129 Å². The summed E-state index contributed by atoms with van der Waals surface area (Å²) in [7, 11) is 0. The molecule has 5 heteroatoms. The number of hydrogen-bond acceptors (Lipinski definition) is 5. The van der Waals surface area contributed by atoms with Crippen LogP contribution in [0.3, 0.4) is 0 Å². The first-order valence-corrected chi connectivity index (χ1v) is 7.01. The molecule has 2 rings (SSSR count). The SMILES string of the molecule is CCOC(=O)C(C#N)=C(CC1=COCO1)Cc1ccccc1. The predicted octanol–water partition coefficient (Wildman–Crippen LogP) is 2.85. The Morgan fingerprint density at radius 2 is 2.09 bits per heavy atom. The number of allylic oxidation sites excluding steroid dienone is 1. The van der Waals surface area contributed by atoms with Crippen molar-refractivity contribution in [1.29, 1.82) is 5.26 Å². The summed E-state index contributed by atoms with van der Waals surface area (Å²) in [6, 6.07) is 11.6. The van der Waals surface area contributed by atoms with Crippen molar-refractivity contribution in [2.24, 2.45) is 0 Å². The molecule has 1 aromatic carbocycles. The van der Waals surface area contributed by atoms with E-state index in [0.29, 0.717) is 24.2 Å². The minimum absolute atomic E-state index is 0.0297. The number of carbonyl (C=O) groups excluding carboxylic acids is 1. The summed E-state index contributed by atoms with van der Waals surface area (Å²) in [5.74, 6) is -0.00146. The summed E-state index contributed by atoms with van der Waals surface area (Å²) < 4.78 is 15.3. The number of nitrogens with zero attached hydrogens (tertiary/aromatic N) is 1. The molecule has 0 unspecified atom stereocenters. The Balaban J connectivity index is 2.30. The topological polar surface area (TPSA) is 68.6 Å². The molecule has 1 aromatic rings. The van der Waals surface area contributed by atoms with E-state index >= 15 is 0 Å². The summed E-state index contributed by atoms with van der Waals surface area (Å²) in [5.41, 5.74) is 1.69. The van der Waals surface area contributed by atoms with E-state index in [-0.39, 0.29) is 19.0 Å². The van der Waals surface area contributed by atoms with Gasteiger partial charge in [-0.2, -0.15) is 5.26 Å². The van der Waals surface area contributed by atoms with Gasteiger partial charge < -0.3 is 14.2 Å². The smallest absolute Gasteiger partial charge is 0.348 e. The van der Waals surface area contributed by atoms with E-state index in [1.165, 1.54) is 6.26 Å². The van der Waals surface area contributed by atoms with Crippen molar-refractivity contribution < 1.29 is 19.0 Å². The predicted molar refractivity (Wildman–Crippen MR) is 79.2 cm³/mol. The molecule has 0 radical (unpaired) electrons. The minimum Gasteiger partial charge on any atom is -0.462 e. The second-order valence-electron chi connectivity index (χ2n) is 4.66. The molecule has 22 heavy (non-hydrogen) atoms. The molecule has 0 saturated carbocycles. The van der Waals surface area contributed by atoms with Gasteiger partial charge >= 0.3 is 5.97 Å². The van der Waals surface area contributed by atoms with Gasteiger partial charge in [0.15, 0.2) is 0 Å². The highest BCUT2D eigenvalue weighted by molar-refractivity contribution is 5.93. The summed E-state index contributed by atoms with van der Waals surface area (Å²) in [4.78, 5) is 12.0. The van der Waals surface area contributed by atoms with Crippen LogP contribution in [0.1, 0.15) is 18.9 Å². The summed E-state index contributed by atoms with van der Waals surface area (Å²) >= 11 is 0. The lowest BCUT2D eigenvalue weighted by Crippen LogP contribution is -2.11. The molecule has 0 amide bonds. The zero-order valence-electron chi connectivity index (χ0n) is 12.4. The molecule has 1 aliphatic rings. The molecule has 0 fully saturated rings. The van der Waals surface area contributed by atoms with Crippen molar-refractivity contribution >= 4 is 5.97 Å². The van der Waals surface area contributed by atoms with E-state index < -0.39 is 5.97 Å². The Hall–Kier alpha value is -2.74. The van der Waals surface area contributed by atoms with Crippen LogP contribution in [-0.4, -0.2) is 19.4 Å². The molecule has 0 aromatic heterocycles.